The fourth-order valence-corrected chi connectivity index (χ4v) is 7.40. The van der Waals surface area contributed by atoms with Gasteiger partial charge in [-0.15, -0.1) is 11.3 Å². The first kappa shape index (κ1) is 33.0. The van der Waals surface area contributed by atoms with Crippen LogP contribution in [0.1, 0.15) is 56.4 Å². The van der Waals surface area contributed by atoms with Crippen LogP contribution in [0, 0.1) is 5.41 Å². The third-order valence-electron chi connectivity index (χ3n) is 8.67. The molecule has 0 bridgehead atoms. The van der Waals surface area contributed by atoms with Gasteiger partial charge in [-0.2, -0.15) is 23.4 Å². The van der Waals surface area contributed by atoms with Crippen molar-refractivity contribution in [2.24, 2.45) is 5.41 Å². The van der Waals surface area contributed by atoms with Crippen molar-refractivity contribution in [3.63, 3.8) is 0 Å². The van der Waals surface area contributed by atoms with Gasteiger partial charge in [0.2, 0.25) is 5.88 Å². The van der Waals surface area contributed by atoms with Gasteiger partial charge in [0.15, 0.2) is 0 Å². The average molecular weight is 669 g/mol. The molecule has 4 aromatic rings. The molecule has 0 aliphatic carbocycles. The molecule has 0 radical (unpaired) electrons. The topological polar surface area (TPSA) is 87.5 Å². The van der Waals surface area contributed by atoms with Crippen LogP contribution in [0.2, 0.25) is 0 Å². The summed E-state index contributed by atoms with van der Waals surface area (Å²) in [5.41, 5.74) is -1.37. The van der Waals surface area contributed by atoms with Crippen molar-refractivity contribution in [3.05, 3.63) is 77.2 Å². The van der Waals surface area contributed by atoms with Crippen LogP contribution in [0.25, 0.3) is 22.5 Å². The molecule has 1 spiro atoms. The lowest BCUT2D eigenvalue weighted by molar-refractivity contribution is -0.138. The Kier molecular flexibility index (Phi) is 9.32. The van der Waals surface area contributed by atoms with Gasteiger partial charge in [-0.1, -0.05) is 6.07 Å². The molecule has 2 aliphatic rings. The largest absolute Gasteiger partial charge is 0.438 e. The summed E-state index contributed by atoms with van der Waals surface area (Å²) in [4.78, 5) is 12.4. The van der Waals surface area contributed by atoms with Crippen molar-refractivity contribution in [2.45, 2.75) is 51.3 Å². The van der Waals surface area contributed by atoms with Crippen LogP contribution in [-0.2, 0) is 6.18 Å². The fraction of sp³-hybridized carbons (Fsp3) is 0.412. The summed E-state index contributed by atoms with van der Waals surface area (Å²) in [6.07, 6.45) is 3.93. The molecule has 0 amide bonds. The zero-order valence-corrected chi connectivity index (χ0v) is 27.0. The van der Waals surface area contributed by atoms with Gasteiger partial charge in [-0.3, -0.25) is 0 Å². The molecule has 2 aliphatic heterocycles. The summed E-state index contributed by atoms with van der Waals surface area (Å²) >= 11 is 1.21. The number of nitrogens with zero attached hydrogens (tertiary/aromatic N) is 6. The van der Waals surface area contributed by atoms with Crippen molar-refractivity contribution in [2.75, 3.05) is 37.6 Å². The summed E-state index contributed by atoms with van der Waals surface area (Å²) < 4.78 is 67.1. The van der Waals surface area contributed by atoms with E-state index in [9.17, 15) is 5.11 Å². The van der Waals surface area contributed by atoms with Crippen molar-refractivity contribution >= 4 is 28.9 Å². The van der Waals surface area contributed by atoms with Crippen molar-refractivity contribution in [1.82, 2.24) is 25.1 Å². The van der Waals surface area contributed by atoms with Gasteiger partial charge in [-0.05, 0) is 88.4 Å². The molecule has 5 heterocycles. The number of halogens is 4. The monoisotopic (exact) mass is 668 g/mol. The van der Waals surface area contributed by atoms with E-state index in [1.165, 1.54) is 53.5 Å². The number of piperidine rings is 2. The highest BCUT2D eigenvalue weighted by molar-refractivity contribution is 7.13. The molecule has 8 nitrogen and oxygen atoms in total. The van der Waals surface area contributed by atoms with Gasteiger partial charge in [0.1, 0.15) is 27.8 Å². The lowest BCUT2D eigenvalue weighted by Crippen LogP contribution is -2.52. The smallest absolute Gasteiger partial charge is 0.422 e. The zero-order valence-electron chi connectivity index (χ0n) is 26.2. The van der Waals surface area contributed by atoms with E-state index < -0.39 is 28.9 Å². The highest BCUT2D eigenvalue weighted by atomic mass is 32.1. The van der Waals surface area contributed by atoms with E-state index in [-0.39, 0.29) is 28.2 Å². The molecule has 1 aromatic carbocycles. The Hall–Kier alpha value is -3.94. The van der Waals surface area contributed by atoms with E-state index in [0.717, 1.165) is 38.4 Å². The highest BCUT2D eigenvalue weighted by Crippen LogP contribution is 2.49. The molecule has 0 atom stereocenters. The molecular weight excluding hydrogens is 632 g/mol. The molecule has 13 heteroatoms. The van der Waals surface area contributed by atoms with Crippen molar-refractivity contribution in [3.8, 4) is 22.2 Å². The summed E-state index contributed by atoms with van der Waals surface area (Å²) in [6.45, 7) is 6.33. The number of alkyl halides is 3. The van der Waals surface area contributed by atoms with Crippen LogP contribution in [0.3, 0.4) is 0 Å². The summed E-state index contributed by atoms with van der Waals surface area (Å²) in [5, 5.41) is 20.0. The lowest BCUT2D eigenvalue weighted by atomic mass is 9.72. The number of aromatic nitrogens is 4. The maximum atomic E-state index is 15.9. The summed E-state index contributed by atoms with van der Waals surface area (Å²) in [5.74, 6) is -1.13. The second kappa shape index (κ2) is 13.3. The second-order valence-electron chi connectivity index (χ2n) is 12.9. The van der Waals surface area contributed by atoms with Gasteiger partial charge in [0.05, 0.1) is 23.7 Å². The Morgan fingerprint density at radius 2 is 1.85 bits per heavy atom. The number of thiazole rings is 1. The molecule has 2 fully saturated rings. The van der Waals surface area contributed by atoms with Crippen LogP contribution in [0.15, 0.2) is 60.4 Å². The molecule has 0 unspecified atom stereocenters. The predicted molar refractivity (Wildman–Crippen MR) is 174 cm³/mol. The van der Waals surface area contributed by atoms with Crippen LogP contribution >= 0.6 is 11.3 Å². The number of β-amino-alcohol motifs (C(OH)–C–C–N with tert-alkyl or cyclic N) is 1. The first-order valence-corrected chi connectivity index (χ1v) is 16.4. The standard InChI is InChI=1S/C34H36F4N6O2S/c1-32(2,45)21-43-16-11-33(12-17-43)10-5-15-44(22-33)30-23(18-25(35)26-20-47-31(42-26)24-9-14-40-41-19-24)7-8-27(29(30)34(36,37)38)46-28-6-3-4-13-39-28/h3-4,6-9,13-14,18-20,45H,5,10-12,15-17,21-22H2,1-2H3/b25-18-. The maximum absolute atomic E-state index is 15.9. The minimum Gasteiger partial charge on any atom is -0.438 e. The maximum Gasteiger partial charge on any atom is 0.422 e. The number of hydrogen-bond acceptors (Lipinski definition) is 9. The number of benzene rings is 1. The summed E-state index contributed by atoms with van der Waals surface area (Å²) in [6, 6.07) is 9.16. The quantitative estimate of drug-likeness (QED) is 0.191. The van der Waals surface area contributed by atoms with Gasteiger partial charge in [-0.25, -0.2) is 14.4 Å². The SMILES string of the molecule is CC(C)(O)CN1CCC2(CCCN(c3c(/C=C(\F)c4csc(-c5ccnnc5)n4)ccc(Oc4ccccn4)c3C(F)(F)F)C2)CC1. The van der Waals surface area contributed by atoms with Crippen LogP contribution < -0.4 is 9.64 Å². The fourth-order valence-electron chi connectivity index (χ4n) is 6.61. The predicted octanol–water partition coefficient (Wildman–Crippen LogP) is 7.73. The first-order valence-electron chi connectivity index (χ1n) is 15.5. The molecule has 1 N–H and O–H groups in total. The number of anilines is 1. The molecular formula is C34H36F4N6O2S. The van der Waals surface area contributed by atoms with Crippen LogP contribution in [-0.4, -0.2) is 68.5 Å². The van der Waals surface area contributed by atoms with Gasteiger partial charge < -0.3 is 19.6 Å². The van der Waals surface area contributed by atoms with E-state index in [0.29, 0.717) is 36.6 Å². The van der Waals surface area contributed by atoms with E-state index in [1.54, 1.807) is 36.9 Å². The van der Waals surface area contributed by atoms with E-state index in [4.69, 9.17) is 4.74 Å². The molecule has 3 aromatic heterocycles. The number of rotatable bonds is 8. The molecule has 47 heavy (non-hydrogen) atoms. The van der Waals surface area contributed by atoms with Crippen molar-refractivity contribution < 1.29 is 27.4 Å². The zero-order chi connectivity index (χ0) is 33.2. The van der Waals surface area contributed by atoms with E-state index in [1.807, 2.05) is 0 Å². The molecule has 2 saturated heterocycles. The molecule has 0 saturated carbocycles. The Morgan fingerprint density at radius 1 is 1.04 bits per heavy atom. The van der Waals surface area contributed by atoms with Crippen molar-refractivity contribution in [1.29, 1.82) is 0 Å². The van der Waals surface area contributed by atoms with Crippen LogP contribution in [0.5, 0.6) is 11.6 Å². The Morgan fingerprint density at radius 3 is 2.53 bits per heavy atom. The van der Waals surface area contributed by atoms with E-state index in [2.05, 4.69) is 25.1 Å². The van der Waals surface area contributed by atoms with Gasteiger partial charge in [0.25, 0.3) is 0 Å². The van der Waals surface area contributed by atoms with Crippen LogP contribution in [0.4, 0.5) is 23.2 Å². The minimum atomic E-state index is -4.82. The molecule has 6 rings (SSSR count). The third-order valence-corrected chi connectivity index (χ3v) is 9.57. The third kappa shape index (κ3) is 7.79. The number of likely N-dealkylation sites (tertiary alicyclic amines) is 1. The van der Waals surface area contributed by atoms with E-state index >= 15 is 17.6 Å². The number of ether oxygens (including phenoxy) is 1. The molecule has 248 valence electrons. The average Bonchev–Trinajstić information content (AvgIpc) is 3.54. The lowest BCUT2D eigenvalue weighted by Gasteiger charge is -2.49. The Bertz CT molecular complexity index is 1700. The summed E-state index contributed by atoms with van der Waals surface area (Å²) in [7, 11) is 0. The number of aliphatic hydroxyl groups is 1. The minimum absolute atomic E-state index is 0.0180. The van der Waals surface area contributed by atoms with Gasteiger partial charge >= 0.3 is 6.18 Å². The Balaban J connectivity index is 1.39. The first-order chi connectivity index (χ1) is 22.4. The Labute approximate surface area is 274 Å². The second-order valence-corrected chi connectivity index (χ2v) is 13.8. The highest BCUT2D eigenvalue weighted by Gasteiger charge is 2.44. The normalized spacial score (nSPS) is 17.7. The number of hydrogen-bond donors (Lipinski definition) is 1. The van der Waals surface area contributed by atoms with Gasteiger partial charge in [0, 0.05) is 48.4 Å². The number of pyridine rings is 1.